The van der Waals surface area contributed by atoms with Gasteiger partial charge in [-0.1, -0.05) is 12.1 Å². The van der Waals surface area contributed by atoms with Crippen molar-refractivity contribution >= 4 is 10.0 Å². The second-order valence-electron chi connectivity index (χ2n) is 7.30. The Morgan fingerprint density at radius 3 is 2.69 bits per heavy atom. The van der Waals surface area contributed by atoms with Crippen molar-refractivity contribution in [3.63, 3.8) is 0 Å². The van der Waals surface area contributed by atoms with Gasteiger partial charge in [0.2, 0.25) is 21.8 Å². The number of hydrogen-bond donors (Lipinski definition) is 1. The molecule has 154 valence electrons. The average Bonchev–Trinajstić information content (AvgIpc) is 3.30. The molecule has 3 aromatic rings. The molecule has 0 spiro atoms. The minimum absolute atomic E-state index is 0.166. The summed E-state index contributed by atoms with van der Waals surface area (Å²) in [5.41, 5.74) is 1.85. The standard InChI is InChI=1S/C19H22FN5O3S/c1-12-18(13(2)22-21-12)29(26,27)25-9-3-4-15(11-25)19-24-23-17(28-19)10-14-5-7-16(20)8-6-14/h5-8,15H,3-4,9-11H2,1-2H3,(H,21,22). The summed E-state index contributed by atoms with van der Waals surface area (Å²) < 4.78 is 46.5. The van der Waals surface area contributed by atoms with Crippen molar-refractivity contribution in [2.45, 2.75) is 43.9 Å². The van der Waals surface area contributed by atoms with E-state index in [4.69, 9.17) is 4.42 Å². The van der Waals surface area contributed by atoms with E-state index in [2.05, 4.69) is 20.4 Å². The van der Waals surface area contributed by atoms with Crippen LogP contribution >= 0.6 is 0 Å². The molecule has 0 bridgehead atoms. The van der Waals surface area contributed by atoms with Crippen LogP contribution in [0.4, 0.5) is 4.39 Å². The lowest BCUT2D eigenvalue weighted by Gasteiger charge is -2.30. The molecule has 1 aliphatic rings. The lowest BCUT2D eigenvalue weighted by Crippen LogP contribution is -2.39. The molecule has 1 fully saturated rings. The van der Waals surface area contributed by atoms with Gasteiger partial charge in [0.1, 0.15) is 10.7 Å². The summed E-state index contributed by atoms with van der Waals surface area (Å²) in [5, 5.41) is 15.0. The first-order valence-corrected chi connectivity index (χ1v) is 10.9. The van der Waals surface area contributed by atoms with E-state index < -0.39 is 10.0 Å². The van der Waals surface area contributed by atoms with Crippen LogP contribution in [-0.2, 0) is 16.4 Å². The number of aromatic amines is 1. The average molecular weight is 419 g/mol. The molecule has 0 saturated carbocycles. The van der Waals surface area contributed by atoms with Crippen LogP contribution in [0.25, 0.3) is 0 Å². The Morgan fingerprint density at radius 2 is 2.00 bits per heavy atom. The number of halogens is 1. The summed E-state index contributed by atoms with van der Waals surface area (Å²) in [4.78, 5) is 0.237. The SMILES string of the molecule is Cc1n[nH]c(C)c1S(=O)(=O)N1CCCC(c2nnc(Cc3ccc(F)cc3)o2)C1. The fraction of sp³-hybridized carbons (Fsp3) is 0.421. The summed E-state index contributed by atoms with van der Waals surface area (Å²) in [5.74, 6) is 0.392. The fourth-order valence-electron chi connectivity index (χ4n) is 3.69. The van der Waals surface area contributed by atoms with Gasteiger partial charge in [-0.2, -0.15) is 9.40 Å². The number of H-pyrrole nitrogens is 1. The zero-order chi connectivity index (χ0) is 20.6. The van der Waals surface area contributed by atoms with Gasteiger partial charge < -0.3 is 4.42 Å². The van der Waals surface area contributed by atoms with Crippen molar-refractivity contribution in [2.24, 2.45) is 0 Å². The number of nitrogens with zero attached hydrogens (tertiary/aromatic N) is 4. The van der Waals surface area contributed by atoms with E-state index in [0.717, 1.165) is 12.0 Å². The van der Waals surface area contributed by atoms with E-state index >= 15 is 0 Å². The first kappa shape index (κ1) is 19.7. The Hall–Kier alpha value is -2.59. The largest absolute Gasteiger partial charge is 0.425 e. The van der Waals surface area contributed by atoms with E-state index in [9.17, 15) is 12.8 Å². The number of rotatable bonds is 5. The molecule has 4 rings (SSSR count). The summed E-state index contributed by atoms with van der Waals surface area (Å²) in [7, 11) is -3.65. The molecule has 1 N–H and O–H groups in total. The van der Waals surface area contributed by atoms with Gasteiger partial charge in [0.05, 0.1) is 23.7 Å². The number of piperidine rings is 1. The molecule has 1 aliphatic heterocycles. The maximum Gasteiger partial charge on any atom is 0.246 e. The molecule has 10 heteroatoms. The molecule has 1 atom stereocenters. The van der Waals surface area contributed by atoms with Gasteiger partial charge in [0.25, 0.3) is 0 Å². The number of sulfonamides is 1. The molecule has 29 heavy (non-hydrogen) atoms. The molecule has 3 heterocycles. The Morgan fingerprint density at radius 1 is 1.24 bits per heavy atom. The van der Waals surface area contributed by atoms with Crippen LogP contribution in [-0.4, -0.2) is 46.2 Å². The Balaban J connectivity index is 1.50. The van der Waals surface area contributed by atoms with Crippen molar-refractivity contribution in [2.75, 3.05) is 13.1 Å². The molecule has 1 unspecified atom stereocenters. The quantitative estimate of drug-likeness (QED) is 0.682. The Kier molecular flexibility index (Phi) is 5.22. The number of hydrogen-bond acceptors (Lipinski definition) is 6. The predicted octanol–water partition coefficient (Wildman–Crippen LogP) is 2.71. The highest BCUT2D eigenvalue weighted by Gasteiger charge is 2.35. The van der Waals surface area contributed by atoms with Gasteiger partial charge in [-0.3, -0.25) is 5.10 Å². The van der Waals surface area contributed by atoms with Crippen LogP contribution in [0.2, 0.25) is 0 Å². The Labute approximate surface area is 168 Å². The monoisotopic (exact) mass is 419 g/mol. The predicted molar refractivity (Wildman–Crippen MR) is 102 cm³/mol. The summed E-state index contributed by atoms with van der Waals surface area (Å²) in [6.45, 7) is 4.11. The van der Waals surface area contributed by atoms with E-state index in [0.29, 0.717) is 42.6 Å². The molecule has 8 nitrogen and oxygen atoms in total. The number of aryl methyl sites for hydroxylation is 2. The molecule has 1 aromatic carbocycles. The van der Waals surface area contributed by atoms with Crippen molar-refractivity contribution < 1.29 is 17.2 Å². The van der Waals surface area contributed by atoms with Crippen LogP contribution in [0.3, 0.4) is 0 Å². The molecular weight excluding hydrogens is 397 g/mol. The van der Waals surface area contributed by atoms with Crippen molar-refractivity contribution in [1.82, 2.24) is 24.7 Å². The second-order valence-corrected chi connectivity index (χ2v) is 9.18. The van der Waals surface area contributed by atoms with Crippen molar-refractivity contribution in [3.8, 4) is 0 Å². The highest BCUT2D eigenvalue weighted by Crippen LogP contribution is 2.31. The first-order chi connectivity index (χ1) is 13.8. The minimum atomic E-state index is -3.65. The molecule has 0 amide bonds. The highest BCUT2D eigenvalue weighted by atomic mass is 32.2. The van der Waals surface area contributed by atoms with Crippen molar-refractivity contribution in [3.05, 3.63) is 58.8 Å². The minimum Gasteiger partial charge on any atom is -0.425 e. The maximum absolute atomic E-state index is 13.1. The van der Waals surface area contributed by atoms with Gasteiger partial charge >= 0.3 is 0 Å². The van der Waals surface area contributed by atoms with Crippen LogP contribution in [0.15, 0.2) is 33.6 Å². The number of benzene rings is 1. The second kappa shape index (κ2) is 7.68. The van der Waals surface area contributed by atoms with Gasteiger partial charge in [-0.05, 0) is 44.4 Å². The molecule has 1 saturated heterocycles. The van der Waals surface area contributed by atoms with E-state index in [1.54, 1.807) is 26.0 Å². The maximum atomic E-state index is 13.1. The van der Waals surface area contributed by atoms with Gasteiger partial charge in [-0.25, -0.2) is 12.8 Å². The molecule has 2 aromatic heterocycles. The van der Waals surface area contributed by atoms with Gasteiger partial charge in [0, 0.05) is 13.1 Å². The summed E-state index contributed by atoms with van der Waals surface area (Å²) in [6.07, 6.45) is 1.87. The Bertz CT molecular complexity index is 1090. The molecular formula is C19H22FN5O3S. The zero-order valence-electron chi connectivity index (χ0n) is 16.2. The lowest BCUT2D eigenvalue weighted by atomic mass is 10.00. The van der Waals surface area contributed by atoms with Crippen LogP contribution in [0.1, 0.15) is 47.5 Å². The third kappa shape index (κ3) is 3.95. The third-order valence-corrected chi connectivity index (χ3v) is 7.27. The summed E-state index contributed by atoms with van der Waals surface area (Å²) >= 11 is 0. The normalized spacial score (nSPS) is 18.2. The number of aromatic nitrogens is 4. The third-order valence-electron chi connectivity index (χ3n) is 5.14. The highest BCUT2D eigenvalue weighted by molar-refractivity contribution is 7.89. The topological polar surface area (TPSA) is 105 Å². The van der Waals surface area contributed by atoms with E-state index in [1.807, 2.05) is 0 Å². The smallest absolute Gasteiger partial charge is 0.246 e. The number of nitrogens with one attached hydrogen (secondary N) is 1. The van der Waals surface area contributed by atoms with Crippen LogP contribution in [0, 0.1) is 19.7 Å². The van der Waals surface area contributed by atoms with E-state index in [-0.39, 0.29) is 23.2 Å². The zero-order valence-corrected chi connectivity index (χ0v) is 17.0. The van der Waals surface area contributed by atoms with Crippen molar-refractivity contribution in [1.29, 1.82) is 0 Å². The van der Waals surface area contributed by atoms with Crippen LogP contribution < -0.4 is 0 Å². The van der Waals surface area contributed by atoms with Crippen LogP contribution in [0.5, 0.6) is 0 Å². The molecule has 0 aliphatic carbocycles. The fourth-order valence-corrected chi connectivity index (χ4v) is 5.55. The van der Waals surface area contributed by atoms with Gasteiger partial charge in [0.15, 0.2) is 0 Å². The van der Waals surface area contributed by atoms with E-state index in [1.165, 1.54) is 16.4 Å². The van der Waals surface area contributed by atoms with Gasteiger partial charge in [-0.15, -0.1) is 10.2 Å². The summed E-state index contributed by atoms with van der Waals surface area (Å²) in [6, 6.07) is 6.11. The first-order valence-electron chi connectivity index (χ1n) is 9.43. The molecule has 0 radical (unpaired) electrons. The lowest BCUT2D eigenvalue weighted by molar-refractivity contribution is 0.281.